The molecule has 1 fully saturated rings. The highest BCUT2D eigenvalue weighted by atomic mass is 16.5. The second-order valence-electron chi connectivity index (χ2n) is 2.65. The van der Waals surface area contributed by atoms with Gasteiger partial charge in [-0.1, -0.05) is 0 Å². The second kappa shape index (κ2) is 3.01. The minimum absolute atomic E-state index is 0.0440. The molecule has 3 nitrogen and oxygen atoms in total. The molecule has 0 spiro atoms. The van der Waals surface area contributed by atoms with Gasteiger partial charge >= 0.3 is 5.97 Å². The topological polar surface area (TPSA) is 46.5 Å². The van der Waals surface area contributed by atoms with Crippen LogP contribution in [0.4, 0.5) is 0 Å². The summed E-state index contributed by atoms with van der Waals surface area (Å²) in [6.07, 6.45) is 2.61. The molecular weight excluding hydrogens is 132 g/mol. The maximum atomic E-state index is 10.5. The van der Waals surface area contributed by atoms with Gasteiger partial charge in [0.2, 0.25) is 0 Å². The lowest BCUT2D eigenvalue weighted by Crippen LogP contribution is -2.24. The van der Waals surface area contributed by atoms with Gasteiger partial charge in [0.25, 0.3) is 0 Å². The normalized spacial score (nSPS) is 32.5. The van der Waals surface area contributed by atoms with Crippen molar-refractivity contribution in [3.05, 3.63) is 0 Å². The minimum Gasteiger partial charge on any atom is -0.481 e. The van der Waals surface area contributed by atoms with Crippen LogP contribution in [0.1, 0.15) is 19.3 Å². The van der Waals surface area contributed by atoms with Crippen molar-refractivity contribution in [2.45, 2.75) is 25.4 Å². The number of carbonyl (C=O) groups is 1. The Morgan fingerprint density at radius 1 is 1.60 bits per heavy atom. The molecule has 0 aliphatic heterocycles. The Hall–Kier alpha value is -0.570. The third-order valence-electron chi connectivity index (χ3n) is 2.07. The number of ether oxygens (including phenoxy) is 1. The van der Waals surface area contributed by atoms with Gasteiger partial charge < -0.3 is 9.84 Å². The van der Waals surface area contributed by atoms with Crippen molar-refractivity contribution in [1.29, 1.82) is 0 Å². The SMILES string of the molecule is CO[C@H]1CCCC1C(=O)O. The second-order valence-corrected chi connectivity index (χ2v) is 2.65. The Bertz CT molecular complexity index is 133. The lowest BCUT2D eigenvalue weighted by molar-refractivity contribution is -0.145. The summed E-state index contributed by atoms with van der Waals surface area (Å²) < 4.78 is 5.00. The van der Waals surface area contributed by atoms with E-state index in [1.807, 2.05) is 0 Å². The van der Waals surface area contributed by atoms with Crippen LogP contribution in [0, 0.1) is 5.92 Å². The van der Waals surface area contributed by atoms with Crippen LogP contribution >= 0.6 is 0 Å². The molecule has 3 heteroatoms. The molecule has 2 atom stereocenters. The van der Waals surface area contributed by atoms with E-state index < -0.39 is 5.97 Å². The molecule has 1 unspecified atom stereocenters. The first-order chi connectivity index (χ1) is 4.75. The number of rotatable bonds is 2. The summed E-state index contributed by atoms with van der Waals surface area (Å²) in [5.41, 5.74) is 0. The average molecular weight is 144 g/mol. The molecule has 0 aromatic rings. The van der Waals surface area contributed by atoms with E-state index in [1.54, 1.807) is 7.11 Å². The fourth-order valence-electron chi connectivity index (χ4n) is 1.49. The summed E-state index contributed by atoms with van der Waals surface area (Å²) in [7, 11) is 1.58. The molecule has 1 saturated carbocycles. The summed E-state index contributed by atoms with van der Waals surface area (Å²) in [5, 5.41) is 8.63. The van der Waals surface area contributed by atoms with Crippen molar-refractivity contribution in [2.75, 3.05) is 7.11 Å². The molecular formula is C7H12O3. The molecule has 1 rings (SSSR count). The van der Waals surface area contributed by atoms with Crippen LogP contribution in [0.15, 0.2) is 0 Å². The van der Waals surface area contributed by atoms with Crippen molar-refractivity contribution < 1.29 is 14.6 Å². The monoisotopic (exact) mass is 144 g/mol. The van der Waals surface area contributed by atoms with Gasteiger partial charge in [-0.2, -0.15) is 0 Å². The van der Waals surface area contributed by atoms with Gasteiger partial charge in [-0.15, -0.1) is 0 Å². The Morgan fingerprint density at radius 2 is 2.30 bits per heavy atom. The number of carboxylic acid groups (broad SMARTS) is 1. The van der Waals surface area contributed by atoms with Crippen LogP contribution in [0.2, 0.25) is 0 Å². The summed E-state index contributed by atoms with van der Waals surface area (Å²) >= 11 is 0. The van der Waals surface area contributed by atoms with E-state index in [2.05, 4.69) is 0 Å². The summed E-state index contributed by atoms with van der Waals surface area (Å²) in [6.45, 7) is 0. The standard InChI is InChI=1S/C7H12O3/c1-10-6-4-2-3-5(6)7(8)9/h5-6H,2-4H2,1H3,(H,8,9)/t5?,6-/m0/s1. The molecule has 0 radical (unpaired) electrons. The number of methoxy groups -OCH3 is 1. The Kier molecular flexibility index (Phi) is 2.27. The van der Waals surface area contributed by atoms with Gasteiger partial charge in [0.1, 0.15) is 0 Å². The molecule has 10 heavy (non-hydrogen) atoms. The largest absolute Gasteiger partial charge is 0.481 e. The first-order valence-corrected chi connectivity index (χ1v) is 3.51. The van der Waals surface area contributed by atoms with Crippen LogP contribution in [0.3, 0.4) is 0 Å². The summed E-state index contributed by atoms with van der Waals surface area (Å²) in [6, 6.07) is 0. The first-order valence-electron chi connectivity index (χ1n) is 3.51. The predicted molar refractivity (Wildman–Crippen MR) is 35.8 cm³/mol. The number of aliphatic carboxylic acids is 1. The molecule has 0 saturated heterocycles. The molecule has 0 heterocycles. The smallest absolute Gasteiger partial charge is 0.309 e. The van der Waals surface area contributed by atoms with Gasteiger partial charge in [0.05, 0.1) is 12.0 Å². The number of hydrogen-bond acceptors (Lipinski definition) is 2. The van der Waals surface area contributed by atoms with Crippen LogP contribution in [0.25, 0.3) is 0 Å². The van der Waals surface area contributed by atoms with Crippen LogP contribution in [0.5, 0.6) is 0 Å². The molecule has 58 valence electrons. The van der Waals surface area contributed by atoms with E-state index in [4.69, 9.17) is 9.84 Å². The van der Waals surface area contributed by atoms with Crippen LogP contribution < -0.4 is 0 Å². The van der Waals surface area contributed by atoms with Crippen LogP contribution in [-0.4, -0.2) is 24.3 Å². The fourth-order valence-corrected chi connectivity index (χ4v) is 1.49. The van der Waals surface area contributed by atoms with Crippen molar-refractivity contribution in [2.24, 2.45) is 5.92 Å². The lowest BCUT2D eigenvalue weighted by atomic mass is 10.1. The van der Waals surface area contributed by atoms with E-state index in [-0.39, 0.29) is 12.0 Å². The molecule has 0 bridgehead atoms. The highest BCUT2D eigenvalue weighted by Gasteiger charge is 2.32. The Balaban J connectivity index is 2.50. The maximum absolute atomic E-state index is 10.5. The Morgan fingerprint density at radius 3 is 2.70 bits per heavy atom. The molecule has 0 aromatic heterocycles. The molecule has 1 aliphatic rings. The zero-order valence-corrected chi connectivity index (χ0v) is 6.04. The van der Waals surface area contributed by atoms with Gasteiger partial charge in [-0.05, 0) is 19.3 Å². The molecule has 0 aromatic carbocycles. The van der Waals surface area contributed by atoms with E-state index in [0.29, 0.717) is 0 Å². The van der Waals surface area contributed by atoms with Crippen LogP contribution in [-0.2, 0) is 9.53 Å². The van der Waals surface area contributed by atoms with Gasteiger partial charge in [0, 0.05) is 7.11 Å². The van der Waals surface area contributed by atoms with Gasteiger partial charge in [-0.25, -0.2) is 0 Å². The van der Waals surface area contributed by atoms with Crippen molar-refractivity contribution >= 4 is 5.97 Å². The van der Waals surface area contributed by atoms with Crippen molar-refractivity contribution in [3.63, 3.8) is 0 Å². The van der Waals surface area contributed by atoms with E-state index >= 15 is 0 Å². The third kappa shape index (κ3) is 1.29. The minimum atomic E-state index is -0.718. The van der Waals surface area contributed by atoms with E-state index in [9.17, 15) is 4.79 Å². The van der Waals surface area contributed by atoms with Crippen molar-refractivity contribution in [1.82, 2.24) is 0 Å². The zero-order valence-electron chi connectivity index (χ0n) is 6.04. The average Bonchev–Trinajstić information content (AvgIpc) is 2.33. The third-order valence-corrected chi connectivity index (χ3v) is 2.07. The molecule has 0 amide bonds. The zero-order chi connectivity index (χ0) is 7.56. The lowest BCUT2D eigenvalue weighted by Gasteiger charge is -2.12. The number of hydrogen-bond donors (Lipinski definition) is 1. The highest BCUT2D eigenvalue weighted by molar-refractivity contribution is 5.71. The highest BCUT2D eigenvalue weighted by Crippen LogP contribution is 2.27. The maximum Gasteiger partial charge on any atom is 0.309 e. The Labute approximate surface area is 60.0 Å². The van der Waals surface area contributed by atoms with Gasteiger partial charge in [0.15, 0.2) is 0 Å². The van der Waals surface area contributed by atoms with Crippen molar-refractivity contribution in [3.8, 4) is 0 Å². The molecule has 1 aliphatic carbocycles. The molecule has 1 N–H and O–H groups in total. The number of carboxylic acids is 1. The summed E-state index contributed by atoms with van der Waals surface area (Å²) in [4.78, 5) is 10.5. The quantitative estimate of drug-likeness (QED) is 0.626. The predicted octanol–water partition coefficient (Wildman–Crippen LogP) is 0.886. The van der Waals surface area contributed by atoms with E-state index in [1.165, 1.54) is 0 Å². The van der Waals surface area contributed by atoms with E-state index in [0.717, 1.165) is 19.3 Å². The fraction of sp³-hybridized carbons (Fsp3) is 0.857. The first kappa shape index (κ1) is 7.54. The van der Waals surface area contributed by atoms with Gasteiger partial charge in [-0.3, -0.25) is 4.79 Å². The summed E-state index contributed by atoms with van der Waals surface area (Å²) in [5.74, 6) is -0.977.